The molecule has 0 bridgehead atoms. The van der Waals surface area contributed by atoms with Gasteiger partial charge in [-0.15, -0.1) is 0 Å². The number of morpholine rings is 1. The summed E-state index contributed by atoms with van der Waals surface area (Å²) in [5, 5.41) is 3.52. The quantitative estimate of drug-likeness (QED) is 0.892. The van der Waals surface area contributed by atoms with Crippen LogP contribution in [-0.4, -0.2) is 19.3 Å². The van der Waals surface area contributed by atoms with Crippen molar-refractivity contribution >= 4 is 15.9 Å². The summed E-state index contributed by atoms with van der Waals surface area (Å²) in [6, 6.07) is 8.77. The van der Waals surface area contributed by atoms with E-state index in [1.807, 2.05) is 0 Å². The topological polar surface area (TPSA) is 21.3 Å². The Morgan fingerprint density at radius 1 is 1.40 bits per heavy atom. The smallest absolute Gasteiger partial charge is 0.0698 e. The van der Waals surface area contributed by atoms with Gasteiger partial charge >= 0.3 is 0 Å². The van der Waals surface area contributed by atoms with Gasteiger partial charge in [-0.05, 0) is 24.1 Å². The molecule has 0 radical (unpaired) electrons. The molecule has 0 spiro atoms. The van der Waals surface area contributed by atoms with Crippen LogP contribution in [0.15, 0.2) is 28.7 Å². The molecular weight excluding hydrogens is 254 g/mol. The second-order valence-corrected chi connectivity index (χ2v) is 4.79. The third kappa shape index (κ3) is 2.80. The van der Waals surface area contributed by atoms with E-state index >= 15 is 0 Å². The largest absolute Gasteiger partial charge is 0.375 e. The van der Waals surface area contributed by atoms with E-state index in [1.54, 1.807) is 0 Å². The van der Waals surface area contributed by atoms with Crippen LogP contribution < -0.4 is 5.32 Å². The van der Waals surface area contributed by atoms with Crippen LogP contribution >= 0.6 is 15.9 Å². The van der Waals surface area contributed by atoms with Crippen LogP contribution in [-0.2, 0) is 4.74 Å². The highest BCUT2D eigenvalue weighted by atomic mass is 79.9. The van der Waals surface area contributed by atoms with Crippen LogP contribution in [0.5, 0.6) is 0 Å². The summed E-state index contributed by atoms with van der Waals surface area (Å²) in [6.45, 7) is 3.89. The zero-order valence-electron chi connectivity index (χ0n) is 8.87. The van der Waals surface area contributed by atoms with Gasteiger partial charge in [0.15, 0.2) is 0 Å². The van der Waals surface area contributed by atoms with Crippen LogP contribution in [0.2, 0.25) is 0 Å². The maximum Gasteiger partial charge on any atom is 0.0698 e. The summed E-state index contributed by atoms with van der Waals surface area (Å²) in [5.41, 5.74) is 1.30. The second kappa shape index (κ2) is 5.10. The molecule has 1 saturated heterocycles. The van der Waals surface area contributed by atoms with Gasteiger partial charge in [0.1, 0.15) is 0 Å². The molecule has 0 amide bonds. The summed E-state index contributed by atoms with van der Waals surface area (Å²) < 4.78 is 6.87. The van der Waals surface area contributed by atoms with Crippen molar-refractivity contribution < 1.29 is 4.74 Å². The molecule has 0 saturated carbocycles. The first-order valence-electron chi connectivity index (χ1n) is 5.40. The van der Waals surface area contributed by atoms with Crippen molar-refractivity contribution in [2.24, 2.45) is 0 Å². The Balaban J connectivity index is 1.98. The van der Waals surface area contributed by atoms with Gasteiger partial charge < -0.3 is 10.1 Å². The lowest BCUT2D eigenvalue weighted by Gasteiger charge is -2.30. The van der Waals surface area contributed by atoms with Gasteiger partial charge in [-0.3, -0.25) is 0 Å². The van der Waals surface area contributed by atoms with E-state index in [4.69, 9.17) is 4.74 Å². The fourth-order valence-corrected chi connectivity index (χ4v) is 2.06. The highest BCUT2D eigenvalue weighted by molar-refractivity contribution is 9.10. The lowest BCUT2D eigenvalue weighted by Crippen LogP contribution is -2.40. The molecule has 0 aliphatic carbocycles. The van der Waals surface area contributed by atoms with E-state index in [-0.39, 0.29) is 0 Å². The third-order valence-corrected chi connectivity index (χ3v) is 3.35. The van der Waals surface area contributed by atoms with Crippen LogP contribution in [0, 0.1) is 0 Å². The molecule has 2 rings (SSSR count). The standard InChI is InChI=1S/C12H16BrNO/c1-2-11-7-14-12(8-15-11)9-3-5-10(13)6-4-9/h3-6,11-12,14H,2,7-8H2,1H3/t11-,12?/m0/s1. The average molecular weight is 270 g/mol. The number of hydrogen-bond acceptors (Lipinski definition) is 2. The summed E-state index contributed by atoms with van der Waals surface area (Å²) >= 11 is 3.44. The van der Waals surface area contributed by atoms with Gasteiger partial charge in [-0.1, -0.05) is 35.0 Å². The number of halogens is 1. The van der Waals surface area contributed by atoms with Crippen LogP contribution in [0.3, 0.4) is 0 Å². The van der Waals surface area contributed by atoms with Gasteiger partial charge in [0.2, 0.25) is 0 Å². The van der Waals surface area contributed by atoms with E-state index in [0.717, 1.165) is 24.0 Å². The zero-order chi connectivity index (χ0) is 10.7. The predicted octanol–water partition coefficient (Wildman–Crippen LogP) is 2.89. The lowest BCUT2D eigenvalue weighted by molar-refractivity contribution is 0.00204. The van der Waals surface area contributed by atoms with Crippen molar-refractivity contribution in [3.05, 3.63) is 34.3 Å². The highest BCUT2D eigenvalue weighted by Gasteiger charge is 2.20. The number of hydrogen-bond donors (Lipinski definition) is 1. The Morgan fingerprint density at radius 3 is 2.67 bits per heavy atom. The number of benzene rings is 1. The fourth-order valence-electron chi connectivity index (χ4n) is 1.80. The molecule has 82 valence electrons. The van der Waals surface area contributed by atoms with Crippen molar-refractivity contribution in [1.82, 2.24) is 5.32 Å². The Morgan fingerprint density at radius 2 is 2.13 bits per heavy atom. The Bertz CT molecular complexity index is 304. The maximum atomic E-state index is 5.75. The van der Waals surface area contributed by atoms with Crippen molar-refractivity contribution in [1.29, 1.82) is 0 Å². The van der Waals surface area contributed by atoms with E-state index in [1.165, 1.54) is 5.56 Å². The van der Waals surface area contributed by atoms with Crippen molar-refractivity contribution in [3.8, 4) is 0 Å². The van der Waals surface area contributed by atoms with E-state index in [2.05, 4.69) is 52.4 Å². The van der Waals surface area contributed by atoms with E-state index in [0.29, 0.717) is 12.1 Å². The predicted molar refractivity (Wildman–Crippen MR) is 64.9 cm³/mol. The molecule has 1 unspecified atom stereocenters. The Kier molecular flexibility index (Phi) is 3.78. The molecule has 2 atom stereocenters. The summed E-state index contributed by atoms with van der Waals surface area (Å²) in [5.74, 6) is 0. The molecule has 1 fully saturated rings. The van der Waals surface area contributed by atoms with Gasteiger partial charge in [0.05, 0.1) is 18.8 Å². The van der Waals surface area contributed by atoms with Crippen LogP contribution in [0.25, 0.3) is 0 Å². The maximum absolute atomic E-state index is 5.75. The zero-order valence-corrected chi connectivity index (χ0v) is 10.5. The highest BCUT2D eigenvalue weighted by Crippen LogP contribution is 2.20. The van der Waals surface area contributed by atoms with E-state index < -0.39 is 0 Å². The summed E-state index contributed by atoms with van der Waals surface area (Å²) in [6.07, 6.45) is 1.47. The average Bonchev–Trinajstić information content (AvgIpc) is 2.30. The molecule has 1 aromatic rings. The molecule has 0 aromatic heterocycles. The number of nitrogens with one attached hydrogen (secondary N) is 1. The van der Waals surface area contributed by atoms with Gasteiger partial charge in [-0.25, -0.2) is 0 Å². The Hall–Kier alpha value is -0.380. The summed E-state index contributed by atoms with van der Waals surface area (Å²) in [4.78, 5) is 0. The van der Waals surface area contributed by atoms with Gasteiger partial charge in [0, 0.05) is 11.0 Å². The summed E-state index contributed by atoms with van der Waals surface area (Å²) in [7, 11) is 0. The molecule has 3 heteroatoms. The first-order chi connectivity index (χ1) is 7.29. The monoisotopic (exact) mass is 269 g/mol. The van der Waals surface area contributed by atoms with Crippen molar-refractivity contribution in [2.75, 3.05) is 13.2 Å². The molecule has 1 N–H and O–H groups in total. The van der Waals surface area contributed by atoms with Crippen molar-refractivity contribution in [2.45, 2.75) is 25.5 Å². The fraction of sp³-hybridized carbons (Fsp3) is 0.500. The van der Waals surface area contributed by atoms with Crippen LogP contribution in [0.1, 0.15) is 24.9 Å². The number of rotatable bonds is 2. The SMILES string of the molecule is CC[C@H]1CNC(c2ccc(Br)cc2)CO1. The second-order valence-electron chi connectivity index (χ2n) is 3.88. The van der Waals surface area contributed by atoms with Crippen molar-refractivity contribution in [3.63, 3.8) is 0 Å². The lowest BCUT2D eigenvalue weighted by atomic mass is 10.1. The van der Waals surface area contributed by atoms with Crippen LogP contribution in [0.4, 0.5) is 0 Å². The molecule has 1 heterocycles. The molecule has 2 nitrogen and oxygen atoms in total. The minimum absolute atomic E-state index is 0.348. The molecule has 15 heavy (non-hydrogen) atoms. The van der Waals surface area contributed by atoms with Gasteiger partial charge in [-0.2, -0.15) is 0 Å². The molecule has 1 aliphatic rings. The van der Waals surface area contributed by atoms with E-state index in [9.17, 15) is 0 Å². The molecule has 1 aliphatic heterocycles. The first kappa shape index (κ1) is 11.1. The first-order valence-corrected chi connectivity index (χ1v) is 6.19. The normalized spacial score (nSPS) is 26.5. The molecule has 1 aromatic carbocycles. The number of ether oxygens (including phenoxy) is 1. The Labute approximate surface area is 99.1 Å². The van der Waals surface area contributed by atoms with Gasteiger partial charge in [0.25, 0.3) is 0 Å². The third-order valence-electron chi connectivity index (χ3n) is 2.82. The molecular formula is C12H16BrNO. The minimum Gasteiger partial charge on any atom is -0.375 e. The minimum atomic E-state index is 0.348.